The third-order valence-corrected chi connectivity index (χ3v) is 6.42. The first-order chi connectivity index (χ1) is 13.5. The van der Waals surface area contributed by atoms with Crippen molar-refractivity contribution in [3.05, 3.63) is 39.9 Å². The highest BCUT2D eigenvalue weighted by molar-refractivity contribution is 8.00. The molecule has 3 rings (SSSR count). The lowest BCUT2D eigenvalue weighted by Crippen LogP contribution is -2.38. The number of aliphatic hydroxyl groups is 1. The summed E-state index contributed by atoms with van der Waals surface area (Å²) in [6.45, 7) is 1.72. The second-order valence-corrected chi connectivity index (χ2v) is 8.35. The average Bonchev–Trinajstić information content (AvgIpc) is 3.30. The summed E-state index contributed by atoms with van der Waals surface area (Å²) in [5.41, 5.74) is 0.638. The maximum atomic E-state index is 12.5. The first-order valence-electron chi connectivity index (χ1n) is 9.12. The van der Waals surface area contributed by atoms with Gasteiger partial charge in [0.2, 0.25) is 6.41 Å². The molecule has 3 atom stereocenters. The average molecular weight is 409 g/mol. The number of hydrogen-bond donors (Lipinski definition) is 1. The van der Waals surface area contributed by atoms with Crippen molar-refractivity contribution in [1.29, 1.82) is 0 Å². The molecule has 0 aromatic heterocycles. The quantitative estimate of drug-likeness (QED) is 0.414. The first-order valence-corrected chi connectivity index (χ1v) is 10.2. The Hall–Kier alpha value is -2.33. The minimum Gasteiger partial charge on any atom is -0.445 e. The summed E-state index contributed by atoms with van der Waals surface area (Å²) in [5.74, 6) is 0.682. The number of benzene rings is 1. The van der Waals surface area contributed by atoms with Gasteiger partial charge < -0.3 is 19.6 Å². The Labute approximate surface area is 166 Å². The standard InChI is InChI=1S/C18H23N3O6S/c22-12-19-6-5-17(9-19)28-11-15-7-16(23)8-20(15)18(24)27-10-13-1-3-14(4-2-13)21(25)26/h1-4,12,15-17,23H,5-11H2/t15-,16+,17-/m0/s1. The highest BCUT2D eigenvalue weighted by Crippen LogP contribution is 2.28. The molecule has 10 heteroatoms. The molecule has 2 aliphatic heterocycles. The fraction of sp³-hybridized carbons (Fsp3) is 0.556. The molecule has 2 heterocycles. The predicted octanol–water partition coefficient (Wildman–Crippen LogP) is 1.63. The number of ether oxygens (including phenoxy) is 1. The van der Waals surface area contributed by atoms with Crippen LogP contribution in [0.1, 0.15) is 18.4 Å². The smallest absolute Gasteiger partial charge is 0.410 e. The molecule has 0 unspecified atom stereocenters. The van der Waals surface area contributed by atoms with Crippen LogP contribution in [0.3, 0.4) is 0 Å². The third-order valence-electron chi connectivity index (χ3n) is 4.99. The number of thioether (sulfide) groups is 1. The molecule has 0 radical (unpaired) electrons. The summed E-state index contributed by atoms with van der Waals surface area (Å²) >= 11 is 1.72. The van der Waals surface area contributed by atoms with Crippen molar-refractivity contribution in [2.75, 3.05) is 25.4 Å². The number of hydrogen-bond acceptors (Lipinski definition) is 7. The number of β-amino-alcohol motifs (C(OH)–C–C–N with tert-alkyl or cyclic N) is 1. The van der Waals surface area contributed by atoms with Crippen LogP contribution in [0.15, 0.2) is 24.3 Å². The Morgan fingerprint density at radius 2 is 2.11 bits per heavy atom. The Morgan fingerprint density at radius 1 is 1.36 bits per heavy atom. The van der Waals surface area contributed by atoms with Gasteiger partial charge in [-0.15, -0.1) is 0 Å². The van der Waals surface area contributed by atoms with Crippen LogP contribution in [0, 0.1) is 10.1 Å². The Kier molecular flexibility index (Phi) is 6.74. The molecular formula is C18H23N3O6S. The number of likely N-dealkylation sites (tertiary alicyclic amines) is 2. The number of amides is 2. The Bertz CT molecular complexity index is 716. The summed E-state index contributed by atoms with van der Waals surface area (Å²) in [7, 11) is 0. The molecule has 2 amide bonds. The highest BCUT2D eigenvalue weighted by Gasteiger charge is 2.36. The van der Waals surface area contributed by atoms with E-state index in [0.29, 0.717) is 29.5 Å². The molecule has 1 N–H and O–H groups in total. The minimum absolute atomic E-state index is 0.0141. The van der Waals surface area contributed by atoms with Crippen molar-refractivity contribution in [2.45, 2.75) is 36.8 Å². The van der Waals surface area contributed by atoms with Gasteiger partial charge in [-0.05, 0) is 30.5 Å². The number of nitro groups is 1. The molecule has 2 aliphatic rings. The van der Waals surface area contributed by atoms with Gasteiger partial charge in [0.05, 0.1) is 17.6 Å². The van der Waals surface area contributed by atoms with Crippen molar-refractivity contribution in [3.63, 3.8) is 0 Å². The number of carbonyl (C=O) groups is 2. The van der Waals surface area contributed by atoms with Crippen LogP contribution in [-0.4, -0.2) is 75.1 Å². The largest absolute Gasteiger partial charge is 0.445 e. The molecule has 0 bridgehead atoms. The third kappa shape index (κ3) is 5.14. The summed E-state index contributed by atoms with van der Waals surface area (Å²) in [4.78, 5) is 36.8. The monoisotopic (exact) mass is 409 g/mol. The number of non-ortho nitro benzene ring substituents is 1. The van der Waals surface area contributed by atoms with Gasteiger partial charge in [-0.2, -0.15) is 11.8 Å². The summed E-state index contributed by atoms with van der Waals surface area (Å²) in [6, 6.07) is 5.72. The second-order valence-electron chi connectivity index (χ2n) is 7.02. The first kappa shape index (κ1) is 20.4. The fourth-order valence-corrected chi connectivity index (χ4v) is 4.83. The maximum Gasteiger partial charge on any atom is 0.410 e. The van der Waals surface area contributed by atoms with Gasteiger partial charge in [-0.1, -0.05) is 0 Å². The number of nitrogens with zero attached hydrogens (tertiary/aromatic N) is 3. The Balaban J connectivity index is 1.49. The van der Waals surface area contributed by atoms with E-state index in [-0.39, 0.29) is 24.9 Å². The molecule has 0 spiro atoms. The molecular weight excluding hydrogens is 386 g/mol. The zero-order chi connectivity index (χ0) is 20.1. The van der Waals surface area contributed by atoms with E-state index in [2.05, 4.69) is 0 Å². The number of nitro benzene ring substituents is 1. The fourth-order valence-electron chi connectivity index (χ4n) is 3.45. The molecule has 2 fully saturated rings. The molecule has 1 aromatic rings. The van der Waals surface area contributed by atoms with Crippen molar-refractivity contribution in [1.82, 2.24) is 9.80 Å². The lowest BCUT2D eigenvalue weighted by atomic mass is 10.2. The number of aliphatic hydroxyl groups excluding tert-OH is 1. The van der Waals surface area contributed by atoms with Crippen LogP contribution < -0.4 is 0 Å². The van der Waals surface area contributed by atoms with Gasteiger partial charge >= 0.3 is 6.09 Å². The molecule has 0 saturated carbocycles. The van der Waals surface area contributed by atoms with Gasteiger partial charge in [0.25, 0.3) is 5.69 Å². The van der Waals surface area contributed by atoms with E-state index in [1.165, 1.54) is 12.1 Å². The summed E-state index contributed by atoms with van der Waals surface area (Å²) < 4.78 is 5.34. The van der Waals surface area contributed by atoms with Crippen molar-refractivity contribution in [3.8, 4) is 0 Å². The molecule has 0 aliphatic carbocycles. The lowest BCUT2D eigenvalue weighted by Gasteiger charge is -2.24. The van der Waals surface area contributed by atoms with E-state index in [1.54, 1.807) is 33.7 Å². The van der Waals surface area contributed by atoms with Crippen LogP contribution in [0.25, 0.3) is 0 Å². The van der Waals surface area contributed by atoms with Crippen LogP contribution in [0.2, 0.25) is 0 Å². The highest BCUT2D eigenvalue weighted by atomic mass is 32.2. The lowest BCUT2D eigenvalue weighted by molar-refractivity contribution is -0.384. The topological polar surface area (TPSA) is 113 Å². The van der Waals surface area contributed by atoms with Crippen LogP contribution >= 0.6 is 11.8 Å². The van der Waals surface area contributed by atoms with Crippen LogP contribution in [0.4, 0.5) is 10.5 Å². The van der Waals surface area contributed by atoms with Gasteiger partial charge in [-0.3, -0.25) is 14.9 Å². The molecule has 28 heavy (non-hydrogen) atoms. The van der Waals surface area contributed by atoms with Crippen molar-refractivity contribution >= 4 is 30.0 Å². The maximum absolute atomic E-state index is 12.5. The molecule has 1 aromatic carbocycles. The zero-order valence-corrected chi connectivity index (χ0v) is 16.1. The van der Waals surface area contributed by atoms with E-state index >= 15 is 0 Å². The Morgan fingerprint density at radius 3 is 2.75 bits per heavy atom. The molecule has 2 saturated heterocycles. The zero-order valence-electron chi connectivity index (χ0n) is 15.3. The van der Waals surface area contributed by atoms with E-state index in [9.17, 15) is 24.8 Å². The second kappa shape index (κ2) is 9.24. The van der Waals surface area contributed by atoms with Crippen LogP contribution in [-0.2, 0) is 16.1 Å². The van der Waals surface area contributed by atoms with Crippen molar-refractivity contribution < 1.29 is 24.4 Å². The van der Waals surface area contributed by atoms with Gasteiger partial charge in [-0.25, -0.2) is 4.79 Å². The van der Waals surface area contributed by atoms with E-state index < -0.39 is 17.1 Å². The SMILES string of the molecule is O=CN1CC[C@H](SC[C@@H]2C[C@@H](O)CN2C(=O)OCc2ccc([N+](=O)[O-])cc2)C1. The number of carbonyl (C=O) groups excluding carboxylic acids is 2. The van der Waals surface area contributed by atoms with E-state index in [0.717, 1.165) is 19.4 Å². The van der Waals surface area contributed by atoms with Gasteiger partial charge in [0.1, 0.15) is 6.61 Å². The van der Waals surface area contributed by atoms with E-state index in [1.807, 2.05) is 0 Å². The molecule has 152 valence electrons. The molecule has 9 nitrogen and oxygen atoms in total. The van der Waals surface area contributed by atoms with Gasteiger partial charge in [0.15, 0.2) is 0 Å². The van der Waals surface area contributed by atoms with Crippen molar-refractivity contribution in [2.24, 2.45) is 0 Å². The summed E-state index contributed by atoms with van der Waals surface area (Å²) in [5, 5.41) is 21.0. The van der Waals surface area contributed by atoms with Gasteiger partial charge in [0, 0.05) is 42.3 Å². The van der Waals surface area contributed by atoms with Crippen LogP contribution in [0.5, 0.6) is 0 Å². The minimum atomic E-state index is -0.576. The normalized spacial score (nSPS) is 24.4. The summed E-state index contributed by atoms with van der Waals surface area (Å²) in [6.07, 6.45) is 1.23. The number of rotatable bonds is 7. The van der Waals surface area contributed by atoms with E-state index in [4.69, 9.17) is 4.74 Å². The predicted molar refractivity (Wildman–Crippen MR) is 103 cm³/mol.